The van der Waals surface area contributed by atoms with Gasteiger partial charge >= 0.3 is 6.18 Å². The second kappa shape index (κ2) is 46.9. The van der Waals surface area contributed by atoms with Gasteiger partial charge in [-0.3, -0.25) is 0 Å². The van der Waals surface area contributed by atoms with Gasteiger partial charge in [-0.2, -0.15) is 13.2 Å². The lowest BCUT2D eigenvalue weighted by Crippen LogP contribution is -2.23. The number of alkyl halides is 3. The summed E-state index contributed by atoms with van der Waals surface area (Å²) in [4.78, 5) is 0. The van der Waals surface area contributed by atoms with Gasteiger partial charge in [0.05, 0.1) is 5.56 Å². The molecule has 1 fully saturated rings. The van der Waals surface area contributed by atoms with Crippen molar-refractivity contribution in [3.63, 3.8) is 0 Å². The lowest BCUT2D eigenvalue weighted by molar-refractivity contribution is -0.138. The largest absolute Gasteiger partial charge is 0.454 e. The number of benzene rings is 5. The first kappa shape index (κ1) is 99.6. The normalized spacial score (nSPS) is 14.5. The van der Waals surface area contributed by atoms with Gasteiger partial charge in [0.25, 0.3) is 0 Å². The number of fused-ring (bicyclic) bond motifs is 1. The molecule has 1 saturated carbocycles. The highest BCUT2D eigenvalue weighted by atomic mass is 35.5. The molecule has 8 heteroatoms. The van der Waals surface area contributed by atoms with E-state index in [1.54, 1.807) is 12.1 Å². The first-order valence-corrected chi connectivity index (χ1v) is 40.5. The minimum atomic E-state index is -4.24. The number of ether oxygens (including phenoxy) is 2. The smallest absolute Gasteiger partial charge is 0.416 e. The highest BCUT2D eigenvalue weighted by molar-refractivity contribution is 6.30. The summed E-state index contributed by atoms with van der Waals surface area (Å²) >= 11 is 5.89. The fourth-order valence-electron chi connectivity index (χ4n) is 11.9. The van der Waals surface area contributed by atoms with E-state index in [2.05, 4.69) is 223 Å². The maximum Gasteiger partial charge on any atom is 0.416 e. The van der Waals surface area contributed by atoms with E-state index in [0.29, 0.717) is 56.7 Å². The molecule has 1 unspecified atom stereocenters. The minimum Gasteiger partial charge on any atom is -0.454 e. The summed E-state index contributed by atoms with van der Waals surface area (Å²) in [7, 11) is 0. The predicted octanol–water partition coefficient (Wildman–Crippen LogP) is 32.9. The molecular weight excluding hydrogens is 1320 g/mol. The summed E-state index contributed by atoms with van der Waals surface area (Å²) in [6, 6.07) is 30.7. The molecule has 0 spiro atoms. The third-order valence-electron chi connectivity index (χ3n) is 18.3. The van der Waals surface area contributed by atoms with Crippen LogP contribution in [0.2, 0.25) is 5.02 Å². The van der Waals surface area contributed by atoms with E-state index in [0.717, 1.165) is 72.2 Å². The molecule has 1 atom stereocenters. The van der Waals surface area contributed by atoms with Crippen molar-refractivity contribution in [2.24, 2.45) is 54.7 Å². The number of aryl methyl sites for hydroxylation is 7. The summed E-state index contributed by atoms with van der Waals surface area (Å²) in [6.45, 7) is 67.9. The van der Waals surface area contributed by atoms with E-state index >= 15 is 0 Å². The zero-order valence-electron chi connectivity index (χ0n) is 72.7. The second-order valence-electron chi connectivity index (χ2n) is 40.8. The Balaban J connectivity index is 0.00000117. The Morgan fingerprint density at radius 2 is 0.837 bits per heavy atom. The van der Waals surface area contributed by atoms with Crippen molar-refractivity contribution in [3.05, 3.63) is 164 Å². The van der Waals surface area contributed by atoms with Crippen LogP contribution in [0.15, 0.2) is 103 Å². The molecule has 1 aliphatic heterocycles. The maximum atomic E-state index is 12.8. The zero-order valence-corrected chi connectivity index (χ0v) is 73.4. The van der Waals surface area contributed by atoms with E-state index < -0.39 is 23.4 Å². The minimum absolute atomic E-state index is 0.0543. The van der Waals surface area contributed by atoms with Crippen LogP contribution >= 0.6 is 11.6 Å². The standard InChI is InChI=1S/C14H22.C14H28.C13H17F3.C13H18O2.C12H17Cl.C12H16F2.C10H22.C8H18/c1-11-8-12(2)10-13(9-11)6-7-14(3,4)5;1-13(2,3)10-8-12-7-6-9-14(4,5)11-12;1-12(2,3)9-8-10-6-4-5-7-11(10)13(14,15)16;1-13(2,3)7-6-10-4-5-11-12(8-10)15-9-14-11;1-12(2,3)8-7-10-5-4-6-11(13)9-10;1-12(2,3)5-4-9-6-10(13)8-11(14)7-9;1-5-6-7-8-9-10(2,3)4;1-5-6-7-8(2,3)4/h8-10H,6-7H2,1-5H3;12H,6-11H2,1-5H3;4-7H,8-9H2,1-3H3;4-5,8H,6-7,9H2,1-3H3;4-6,9H,7-8H2,1-3H3;6-8H,4-5H2,1-3H3;5-9H2,1-4H3;5-7H2,1-4H3. The van der Waals surface area contributed by atoms with Crippen LogP contribution < -0.4 is 9.47 Å². The Labute approximate surface area is 644 Å². The number of halogens is 6. The molecule has 2 aliphatic rings. The van der Waals surface area contributed by atoms with E-state index in [-0.39, 0.29) is 10.8 Å². The summed E-state index contributed by atoms with van der Waals surface area (Å²) in [6.07, 6.45) is 25.4. The molecule has 1 aliphatic carbocycles. The van der Waals surface area contributed by atoms with Gasteiger partial charge in [-0.05, 0) is 242 Å². The Morgan fingerprint density at radius 3 is 1.27 bits per heavy atom. The van der Waals surface area contributed by atoms with Crippen LogP contribution in [0.1, 0.15) is 360 Å². The van der Waals surface area contributed by atoms with Crippen molar-refractivity contribution in [1.29, 1.82) is 0 Å². The molecule has 104 heavy (non-hydrogen) atoms. The Hall–Kier alpha value is -4.36. The summed E-state index contributed by atoms with van der Waals surface area (Å²) in [5.74, 6) is 1.79. The second-order valence-corrected chi connectivity index (χ2v) is 41.2. The van der Waals surface area contributed by atoms with Crippen LogP contribution in [-0.4, -0.2) is 6.79 Å². The van der Waals surface area contributed by atoms with Gasteiger partial charge in [-0.25, -0.2) is 8.78 Å². The molecule has 0 aromatic heterocycles. The molecule has 7 rings (SSSR count). The lowest BCUT2D eigenvalue weighted by atomic mass is 9.70. The van der Waals surface area contributed by atoms with Gasteiger partial charge in [0.15, 0.2) is 11.5 Å². The highest BCUT2D eigenvalue weighted by Crippen LogP contribution is 2.42. The van der Waals surface area contributed by atoms with Gasteiger partial charge in [0, 0.05) is 11.1 Å². The van der Waals surface area contributed by atoms with Crippen LogP contribution in [0.3, 0.4) is 0 Å². The van der Waals surface area contributed by atoms with Crippen molar-refractivity contribution in [2.75, 3.05) is 6.79 Å². The molecule has 596 valence electrons. The molecule has 0 N–H and O–H groups in total. The molecule has 1 heterocycles. The molecule has 0 saturated heterocycles. The van der Waals surface area contributed by atoms with Crippen LogP contribution in [0.4, 0.5) is 22.0 Å². The average Bonchev–Trinajstić information content (AvgIpc) is 1.11. The number of unbranched alkanes of at least 4 members (excludes halogenated alkanes) is 4. The monoisotopic (exact) mass is 1470 g/mol. The molecule has 5 aromatic carbocycles. The van der Waals surface area contributed by atoms with E-state index in [4.69, 9.17) is 21.1 Å². The van der Waals surface area contributed by atoms with Crippen LogP contribution in [0.5, 0.6) is 11.5 Å². The van der Waals surface area contributed by atoms with Gasteiger partial charge in [0.1, 0.15) is 11.6 Å². The number of hydrogen-bond acceptors (Lipinski definition) is 2. The molecule has 0 bridgehead atoms. The average molecular weight is 1470 g/mol. The third-order valence-corrected chi connectivity index (χ3v) is 18.6. The molecule has 2 nitrogen and oxygen atoms in total. The molecule has 5 aromatic rings. The summed E-state index contributed by atoms with van der Waals surface area (Å²) < 4.78 is 74.2. The number of rotatable bonds is 18. The first-order chi connectivity index (χ1) is 47.4. The van der Waals surface area contributed by atoms with Crippen LogP contribution in [-0.2, 0) is 38.3 Å². The van der Waals surface area contributed by atoms with Crippen molar-refractivity contribution < 1.29 is 31.4 Å². The van der Waals surface area contributed by atoms with E-state index in [9.17, 15) is 22.0 Å². The predicted molar refractivity (Wildman–Crippen MR) is 448 cm³/mol. The Morgan fingerprint density at radius 1 is 0.413 bits per heavy atom. The molecule has 0 amide bonds. The van der Waals surface area contributed by atoms with Crippen molar-refractivity contribution in [2.45, 2.75) is 368 Å². The van der Waals surface area contributed by atoms with E-state index in [1.165, 1.54) is 162 Å². The van der Waals surface area contributed by atoms with Crippen LogP contribution in [0, 0.1) is 80.1 Å². The number of hydrogen-bond donors (Lipinski definition) is 0. The lowest BCUT2D eigenvalue weighted by Gasteiger charge is -2.36. The zero-order chi connectivity index (χ0) is 80.2. The van der Waals surface area contributed by atoms with Crippen molar-refractivity contribution in [3.8, 4) is 11.5 Å². The van der Waals surface area contributed by atoms with E-state index in [1.807, 2.05) is 45.0 Å². The fraction of sp³-hybridized carbons (Fsp3) is 0.688. The summed E-state index contributed by atoms with van der Waals surface area (Å²) in [5.41, 5.74) is 11.3. The van der Waals surface area contributed by atoms with Crippen molar-refractivity contribution in [1.82, 2.24) is 0 Å². The fourth-order valence-corrected chi connectivity index (χ4v) is 12.1. The topological polar surface area (TPSA) is 18.5 Å². The Bertz CT molecular complexity index is 2970. The molecule has 0 radical (unpaired) electrons. The first-order valence-electron chi connectivity index (χ1n) is 40.2. The molecular formula is C96H158ClF5O2. The van der Waals surface area contributed by atoms with Gasteiger partial charge in [-0.15, -0.1) is 0 Å². The van der Waals surface area contributed by atoms with Crippen molar-refractivity contribution >= 4 is 11.6 Å². The van der Waals surface area contributed by atoms with Gasteiger partial charge in [-0.1, -0.05) is 323 Å². The van der Waals surface area contributed by atoms with Crippen LogP contribution in [0.25, 0.3) is 0 Å². The van der Waals surface area contributed by atoms with Gasteiger partial charge in [0.2, 0.25) is 6.79 Å². The third kappa shape index (κ3) is 57.8. The quantitative estimate of drug-likeness (QED) is 0.0643. The Kier molecular flexibility index (Phi) is 44.9. The van der Waals surface area contributed by atoms with Gasteiger partial charge < -0.3 is 9.47 Å². The maximum absolute atomic E-state index is 12.8. The highest BCUT2D eigenvalue weighted by Gasteiger charge is 2.33. The summed E-state index contributed by atoms with van der Waals surface area (Å²) in [5, 5.41) is 0.839. The SMILES string of the molecule is CC(C)(C)CCC1CCCC(C)(C)C1.CC(C)(C)CCc1cc(F)cc(F)c1.CC(C)(C)CCc1ccc2c(c1)OCO2.CC(C)(C)CCc1cccc(Cl)c1.CC(C)(C)CCc1ccccc1C(F)(F)F.CCCCC(C)(C)C.CCCCCCC(C)(C)C.Cc1cc(C)cc(CCC(C)(C)C)c1.